The van der Waals surface area contributed by atoms with Crippen molar-refractivity contribution in [1.82, 2.24) is 9.55 Å². The van der Waals surface area contributed by atoms with E-state index in [1.807, 2.05) is 36.4 Å². The van der Waals surface area contributed by atoms with Crippen LogP contribution in [0.1, 0.15) is 11.4 Å². The van der Waals surface area contributed by atoms with E-state index >= 15 is 0 Å². The summed E-state index contributed by atoms with van der Waals surface area (Å²) in [5.74, 6) is 0.447. The van der Waals surface area contributed by atoms with Gasteiger partial charge in [-0.15, -0.1) is 0 Å². The Morgan fingerprint density at radius 3 is 2.45 bits per heavy atom. The molecule has 1 heterocycles. The highest BCUT2D eigenvalue weighted by Gasteiger charge is 2.14. The van der Waals surface area contributed by atoms with Crippen LogP contribution in [0.25, 0.3) is 28.7 Å². The molecule has 0 bridgehead atoms. The Bertz CT molecular complexity index is 1330. The second-order valence-electron chi connectivity index (χ2n) is 6.22. The third-order valence-corrected chi connectivity index (χ3v) is 5.88. The van der Waals surface area contributed by atoms with Crippen LogP contribution < -0.4 is 5.56 Å². The van der Waals surface area contributed by atoms with Gasteiger partial charge in [-0.3, -0.25) is 9.36 Å². The number of nitrogens with zero attached hydrogens (tertiary/aromatic N) is 2. The summed E-state index contributed by atoms with van der Waals surface area (Å²) < 4.78 is 2.47. The summed E-state index contributed by atoms with van der Waals surface area (Å²) in [4.78, 5) is 18.1. The van der Waals surface area contributed by atoms with Gasteiger partial charge >= 0.3 is 0 Å². The Kier molecular flexibility index (Phi) is 5.97. The van der Waals surface area contributed by atoms with Crippen LogP contribution in [0.15, 0.2) is 65.5 Å². The molecule has 0 saturated heterocycles. The summed E-state index contributed by atoms with van der Waals surface area (Å²) in [7, 11) is 0. The third-order valence-electron chi connectivity index (χ3n) is 4.32. The first-order valence-corrected chi connectivity index (χ1v) is 10.8. The summed E-state index contributed by atoms with van der Waals surface area (Å²) >= 11 is 20.8. The van der Waals surface area contributed by atoms with Gasteiger partial charge in [0.1, 0.15) is 5.82 Å². The van der Waals surface area contributed by atoms with Gasteiger partial charge in [-0.2, -0.15) is 0 Å². The first-order chi connectivity index (χ1) is 13.9. The SMILES string of the molecule is O=c1c2cc(I)ccc2nc(C=Cc2ccc(Cl)cc2Cl)n1-c1ccccc1Cl. The van der Waals surface area contributed by atoms with Gasteiger partial charge in [-0.25, -0.2) is 4.98 Å². The molecule has 0 unspecified atom stereocenters. The second kappa shape index (κ2) is 8.48. The summed E-state index contributed by atoms with van der Waals surface area (Å²) in [5, 5.41) is 2.05. The highest BCUT2D eigenvalue weighted by Crippen LogP contribution is 2.25. The normalized spacial score (nSPS) is 11.4. The number of benzene rings is 3. The highest BCUT2D eigenvalue weighted by atomic mass is 127. The van der Waals surface area contributed by atoms with E-state index in [1.54, 1.807) is 36.4 Å². The molecule has 144 valence electrons. The molecular formula is C22H12Cl3IN2O. The van der Waals surface area contributed by atoms with Crippen molar-refractivity contribution in [2.75, 3.05) is 0 Å². The fourth-order valence-electron chi connectivity index (χ4n) is 2.95. The smallest absolute Gasteiger partial charge is 0.266 e. The fraction of sp³-hybridized carbons (Fsp3) is 0. The van der Waals surface area contributed by atoms with Crippen LogP contribution in [0.4, 0.5) is 0 Å². The summed E-state index contributed by atoms with van der Waals surface area (Å²) in [5.41, 5.74) is 1.75. The number of hydrogen-bond acceptors (Lipinski definition) is 2. The molecule has 0 amide bonds. The van der Waals surface area contributed by atoms with Crippen LogP contribution in [-0.2, 0) is 0 Å². The fourth-order valence-corrected chi connectivity index (χ4v) is 4.14. The first kappa shape index (κ1) is 20.4. The van der Waals surface area contributed by atoms with Crippen LogP contribution in [0.2, 0.25) is 15.1 Å². The average molecular weight is 554 g/mol. The zero-order chi connectivity index (χ0) is 20.5. The van der Waals surface area contributed by atoms with Crippen molar-refractivity contribution in [2.45, 2.75) is 0 Å². The molecule has 4 aromatic rings. The predicted molar refractivity (Wildman–Crippen MR) is 130 cm³/mol. The monoisotopic (exact) mass is 552 g/mol. The maximum absolute atomic E-state index is 13.4. The van der Waals surface area contributed by atoms with E-state index in [-0.39, 0.29) is 5.56 Å². The van der Waals surface area contributed by atoms with E-state index in [0.29, 0.717) is 37.5 Å². The molecular weight excluding hydrogens is 542 g/mol. The Morgan fingerprint density at radius 2 is 1.69 bits per heavy atom. The largest absolute Gasteiger partial charge is 0.268 e. The van der Waals surface area contributed by atoms with Crippen molar-refractivity contribution in [3.8, 4) is 5.69 Å². The molecule has 3 aromatic carbocycles. The topological polar surface area (TPSA) is 34.9 Å². The molecule has 1 aromatic heterocycles. The summed E-state index contributed by atoms with van der Waals surface area (Å²) in [6, 6.07) is 18.0. The Morgan fingerprint density at radius 1 is 0.897 bits per heavy atom. The molecule has 0 fully saturated rings. The molecule has 4 rings (SSSR count). The van der Waals surface area contributed by atoms with Crippen molar-refractivity contribution >= 4 is 80.4 Å². The summed E-state index contributed by atoms with van der Waals surface area (Å²) in [6.45, 7) is 0. The molecule has 0 spiro atoms. The molecule has 7 heteroatoms. The van der Waals surface area contributed by atoms with Crippen LogP contribution in [0, 0.1) is 3.57 Å². The lowest BCUT2D eigenvalue weighted by Crippen LogP contribution is -2.22. The van der Waals surface area contributed by atoms with E-state index in [4.69, 9.17) is 39.8 Å². The lowest BCUT2D eigenvalue weighted by atomic mass is 10.2. The van der Waals surface area contributed by atoms with Crippen molar-refractivity contribution < 1.29 is 0 Å². The van der Waals surface area contributed by atoms with Crippen molar-refractivity contribution in [2.24, 2.45) is 0 Å². The van der Waals surface area contributed by atoms with Gasteiger partial charge < -0.3 is 0 Å². The molecule has 0 aliphatic rings. The zero-order valence-electron chi connectivity index (χ0n) is 14.7. The molecule has 29 heavy (non-hydrogen) atoms. The molecule has 3 nitrogen and oxygen atoms in total. The quantitative estimate of drug-likeness (QED) is 0.253. The van der Waals surface area contributed by atoms with Crippen LogP contribution >= 0.6 is 57.4 Å². The summed E-state index contributed by atoms with van der Waals surface area (Å²) in [6.07, 6.45) is 3.55. The minimum atomic E-state index is -0.191. The number of rotatable bonds is 3. The van der Waals surface area contributed by atoms with E-state index in [9.17, 15) is 4.79 Å². The number of halogens is 4. The van der Waals surface area contributed by atoms with Gasteiger partial charge in [0.15, 0.2) is 0 Å². The van der Waals surface area contributed by atoms with Gasteiger partial charge in [0, 0.05) is 13.6 Å². The predicted octanol–water partition coefficient (Wildman–Crippen LogP) is 7.12. The van der Waals surface area contributed by atoms with E-state index in [1.165, 1.54) is 4.57 Å². The lowest BCUT2D eigenvalue weighted by molar-refractivity contribution is 0.944. The number of aromatic nitrogens is 2. The Hall–Kier alpha value is -1.86. The van der Waals surface area contributed by atoms with Gasteiger partial charge in [0.05, 0.1) is 21.6 Å². The van der Waals surface area contributed by atoms with Crippen LogP contribution in [-0.4, -0.2) is 9.55 Å². The second-order valence-corrected chi connectivity index (χ2v) is 8.72. The van der Waals surface area contributed by atoms with Crippen molar-refractivity contribution in [3.63, 3.8) is 0 Å². The zero-order valence-corrected chi connectivity index (χ0v) is 19.2. The molecule has 0 atom stereocenters. The van der Waals surface area contributed by atoms with E-state index in [0.717, 1.165) is 9.13 Å². The minimum Gasteiger partial charge on any atom is -0.268 e. The molecule has 0 N–H and O–H groups in total. The van der Waals surface area contributed by atoms with Crippen LogP contribution in [0.5, 0.6) is 0 Å². The molecule has 0 saturated carbocycles. The van der Waals surface area contributed by atoms with Gasteiger partial charge in [-0.05, 0) is 82.8 Å². The van der Waals surface area contributed by atoms with Gasteiger partial charge in [0.2, 0.25) is 0 Å². The van der Waals surface area contributed by atoms with Crippen LogP contribution in [0.3, 0.4) is 0 Å². The van der Waals surface area contributed by atoms with Gasteiger partial charge in [-0.1, -0.05) is 53.0 Å². The maximum Gasteiger partial charge on any atom is 0.266 e. The number of para-hydroxylation sites is 1. The standard InChI is InChI=1S/C22H12Cl3IN2O/c23-14-7-5-13(18(25)11-14)6-10-21-27-19-9-8-15(26)12-16(19)22(29)28(21)20-4-2-1-3-17(20)24/h1-12H. The van der Waals surface area contributed by atoms with Gasteiger partial charge in [0.25, 0.3) is 5.56 Å². The lowest BCUT2D eigenvalue weighted by Gasteiger charge is -2.13. The van der Waals surface area contributed by atoms with E-state index in [2.05, 4.69) is 22.6 Å². The van der Waals surface area contributed by atoms with Crippen molar-refractivity contribution in [3.05, 3.63) is 101 Å². The number of hydrogen-bond donors (Lipinski definition) is 0. The van der Waals surface area contributed by atoms with E-state index < -0.39 is 0 Å². The maximum atomic E-state index is 13.4. The average Bonchev–Trinajstić information content (AvgIpc) is 2.69. The molecule has 0 radical (unpaired) electrons. The number of fused-ring (bicyclic) bond motifs is 1. The Labute approximate surface area is 195 Å². The Balaban J connectivity index is 1.98. The highest BCUT2D eigenvalue weighted by molar-refractivity contribution is 14.1. The third kappa shape index (κ3) is 4.21. The molecule has 0 aliphatic carbocycles. The molecule has 0 aliphatic heterocycles. The van der Waals surface area contributed by atoms with Crippen molar-refractivity contribution in [1.29, 1.82) is 0 Å². The first-order valence-electron chi connectivity index (χ1n) is 8.54. The minimum absolute atomic E-state index is 0.191.